The lowest BCUT2D eigenvalue weighted by Gasteiger charge is -2.21. The summed E-state index contributed by atoms with van der Waals surface area (Å²) in [5.41, 5.74) is 1.43. The van der Waals surface area contributed by atoms with E-state index in [1.54, 1.807) is 12.3 Å². The van der Waals surface area contributed by atoms with Gasteiger partial charge in [0.1, 0.15) is 5.69 Å². The van der Waals surface area contributed by atoms with E-state index in [1.807, 2.05) is 24.8 Å². The Morgan fingerprint density at radius 1 is 1.47 bits per heavy atom. The number of amides is 1. The SMILES string of the molecule is CCNc1ccnc(C(=O)NCC2CCSCC2)c1. The number of rotatable bonds is 5. The van der Waals surface area contributed by atoms with E-state index >= 15 is 0 Å². The van der Waals surface area contributed by atoms with Gasteiger partial charge in [-0.1, -0.05) is 0 Å². The van der Waals surface area contributed by atoms with Crippen molar-refractivity contribution >= 4 is 23.4 Å². The van der Waals surface area contributed by atoms with Crippen LogP contribution in [0.3, 0.4) is 0 Å². The molecule has 2 heterocycles. The average molecular weight is 279 g/mol. The zero-order chi connectivity index (χ0) is 13.5. The summed E-state index contributed by atoms with van der Waals surface area (Å²) in [6.45, 7) is 3.64. The summed E-state index contributed by atoms with van der Waals surface area (Å²) < 4.78 is 0. The molecule has 0 atom stereocenters. The van der Waals surface area contributed by atoms with Gasteiger partial charge in [-0.15, -0.1) is 0 Å². The zero-order valence-electron chi connectivity index (χ0n) is 11.3. The van der Waals surface area contributed by atoms with Gasteiger partial charge in [0.25, 0.3) is 5.91 Å². The minimum atomic E-state index is -0.0713. The maximum absolute atomic E-state index is 12.0. The Bertz CT molecular complexity index is 419. The van der Waals surface area contributed by atoms with Crippen LogP contribution in [0.2, 0.25) is 0 Å². The molecule has 1 aromatic heterocycles. The summed E-state index contributed by atoms with van der Waals surface area (Å²) in [7, 11) is 0. The molecule has 0 bridgehead atoms. The van der Waals surface area contributed by atoms with Crippen LogP contribution < -0.4 is 10.6 Å². The first kappa shape index (κ1) is 14.2. The average Bonchev–Trinajstić information content (AvgIpc) is 2.46. The van der Waals surface area contributed by atoms with Crippen LogP contribution in [0.4, 0.5) is 5.69 Å². The third kappa shape index (κ3) is 4.42. The molecule has 0 radical (unpaired) electrons. The largest absolute Gasteiger partial charge is 0.385 e. The van der Waals surface area contributed by atoms with E-state index in [-0.39, 0.29) is 5.91 Å². The summed E-state index contributed by atoms with van der Waals surface area (Å²) in [5, 5.41) is 6.19. The Morgan fingerprint density at radius 2 is 2.26 bits per heavy atom. The van der Waals surface area contributed by atoms with Crippen molar-refractivity contribution in [2.75, 3.05) is 29.9 Å². The molecule has 0 saturated carbocycles. The van der Waals surface area contributed by atoms with Crippen molar-refractivity contribution < 1.29 is 4.79 Å². The molecule has 1 aliphatic rings. The number of hydrogen-bond donors (Lipinski definition) is 2. The molecule has 2 N–H and O–H groups in total. The van der Waals surface area contributed by atoms with Crippen LogP contribution in [-0.2, 0) is 0 Å². The van der Waals surface area contributed by atoms with Crippen molar-refractivity contribution in [3.05, 3.63) is 24.0 Å². The third-order valence-corrected chi connectivity index (χ3v) is 4.31. The van der Waals surface area contributed by atoms with Crippen LogP contribution in [0.1, 0.15) is 30.3 Å². The molecule has 0 spiro atoms. The number of hydrogen-bond acceptors (Lipinski definition) is 4. The summed E-state index contributed by atoms with van der Waals surface area (Å²) in [4.78, 5) is 16.2. The number of carbonyl (C=O) groups excluding carboxylic acids is 1. The maximum Gasteiger partial charge on any atom is 0.269 e. The molecule has 0 aliphatic carbocycles. The second-order valence-corrected chi connectivity index (χ2v) is 5.95. The lowest BCUT2D eigenvalue weighted by molar-refractivity contribution is 0.0941. The number of aromatic nitrogens is 1. The molecule has 1 aromatic rings. The topological polar surface area (TPSA) is 54.0 Å². The quantitative estimate of drug-likeness (QED) is 0.869. The first-order valence-electron chi connectivity index (χ1n) is 6.85. The summed E-state index contributed by atoms with van der Waals surface area (Å²) >= 11 is 2.00. The predicted octanol–water partition coefficient (Wildman–Crippen LogP) is 2.39. The van der Waals surface area contributed by atoms with Gasteiger partial charge in [0.2, 0.25) is 0 Å². The van der Waals surface area contributed by atoms with Crippen LogP contribution in [0.25, 0.3) is 0 Å². The molecule has 0 unspecified atom stereocenters. The van der Waals surface area contributed by atoms with Crippen molar-refractivity contribution in [3.63, 3.8) is 0 Å². The Hall–Kier alpha value is -1.23. The number of anilines is 1. The van der Waals surface area contributed by atoms with Crippen molar-refractivity contribution in [1.29, 1.82) is 0 Å². The number of carbonyl (C=O) groups is 1. The molecule has 1 amide bonds. The molecule has 104 valence electrons. The van der Waals surface area contributed by atoms with Gasteiger partial charge in [-0.2, -0.15) is 11.8 Å². The Labute approximate surface area is 118 Å². The number of nitrogens with one attached hydrogen (secondary N) is 2. The first-order chi connectivity index (χ1) is 9.29. The fourth-order valence-corrected chi connectivity index (χ4v) is 3.35. The molecule has 0 aromatic carbocycles. The standard InChI is InChI=1S/C14H21N3OS/c1-2-15-12-3-6-16-13(9-12)14(18)17-10-11-4-7-19-8-5-11/h3,6,9,11H,2,4-5,7-8,10H2,1H3,(H,15,16)(H,17,18). The Kier molecular flexibility index (Phi) is 5.51. The van der Waals surface area contributed by atoms with Crippen molar-refractivity contribution in [2.24, 2.45) is 5.92 Å². The molecular formula is C14H21N3OS. The van der Waals surface area contributed by atoms with E-state index in [0.717, 1.165) is 18.8 Å². The summed E-state index contributed by atoms with van der Waals surface area (Å²) in [5.74, 6) is 2.99. The third-order valence-electron chi connectivity index (χ3n) is 3.27. The van der Waals surface area contributed by atoms with Crippen LogP contribution in [-0.4, -0.2) is 35.5 Å². The van der Waals surface area contributed by atoms with Crippen molar-refractivity contribution in [1.82, 2.24) is 10.3 Å². The molecule has 1 saturated heterocycles. The molecule has 1 fully saturated rings. The van der Waals surface area contributed by atoms with Crippen molar-refractivity contribution in [2.45, 2.75) is 19.8 Å². The predicted molar refractivity (Wildman–Crippen MR) is 80.8 cm³/mol. The molecule has 2 rings (SSSR count). The summed E-state index contributed by atoms with van der Waals surface area (Å²) in [6, 6.07) is 3.67. The zero-order valence-corrected chi connectivity index (χ0v) is 12.1. The molecule has 1 aliphatic heterocycles. The minimum absolute atomic E-state index is 0.0713. The van der Waals surface area contributed by atoms with E-state index in [1.165, 1.54) is 24.3 Å². The lowest BCUT2D eigenvalue weighted by atomic mass is 10.0. The van der Waals surface area contributed by atoms with Crippen LogP contribution >= 0.6 is 11.8 Å². The lowest BCUT2D eigenvalue weighted by Crippen LogP contribution is -2.31. The van der Waals surface area contributed by atoms with E-state index < -0.39 is 0 Å². The highest BCUT2D eigenvalue weighted by Gasteiger charge is 2.15. The van der Waals surface area contributed by atoms with Crippen molar-refractivity contribution in [3.8, 4) is 0 Å². The van der Waals surface area contributed by atoms with E-state index in [2.05, 4.69) is 15.6 Å². The van der Waals surface area contributed by atoms with Gasteiger partial charge >= 0.3 is 0 Å². The molecular weight excluding hydrogens is 258 g/mol. The van der Waals surface area contributed by atoms with E-state index in [9.17, 15) is 4.79 Å². The van der Waals surface area contributed by atoms with E-state index in [4.69, 9.17) is 0 Å². The normalized spacial score (nSPS) is 16.1. The van der Waals surface area contributed by atoms with Crippen LogP contribution in [0, 0.1) is 5.92 Å². The maximum atomic E-state index is 12.0. The van der Waals surface area contributed by atoms with Gasteiger partial charge in [-0.25, -0.2) is 0 Å². The molecule has 4 nitrogen and oxygen atoms in total. The van der Waals surface area contributed by atoms with Gasteiger partial charge in [-0.05, 0) is 49.3 Å². The summed E-state index contributed by atoms with van der Waals surface area (Å²) in [6.07, 6.45) is 4.08. The minimum Gasteiger partial charge on any atom is -0.385 e. The van der Waals surface area contributed by atoms with E-state index in [0.29, 0.717) is 11.6 Å². The number of pyridine rings is 1. The van der Waals surface area contributed by atoms with Crippen LogP contribution in [0.15, 0.2) is 18.3 Å². The highest BCUT2D eigenvalue weighted by molar-refractivity contribution is 7.99. The second-order valence-electron chi connectivity index (χ2n) is 4.73. The van der Waals surface area contributed by atoms with Gasteiger partial charge in [-0.3, -0.25) is 9.78 Å². The van der Waals surface area contributed by atoms with Gasteiger partial charge in [0, 0.05) is 25.0 Å². The fraction of sp³-hybridized carbons (Fsp3) is 0.571. The van der Waals surface area contributed by atoms with Gasteiger partial charge in [0.05, 0.1) is 0 Å². The fourth-order valence-electron chi connectivity index (χ4n) is 2.15. The first-order valence-corrected chi connectivity index (χ1v) is 8.01. The number of thioether (sulfide) groups is 1. The number of nitrogens with zero attached hydrogens (tertiary/aromatic N) is 1. The monoisotopic (exact) mass is 279 g/mol. The van der Waals surface area contributed by atoms with Gasteiger partial charge in [0.15, 0.2) is 0 Å². The van der Waals surface area contributed by atoms with Gasteiger partial charge < -0.3 is 10.6 Å². The molecule has 19 heavy (non-hydrogen) atoms. The molecule has 5 heteroatoms. The second kappa shape index (κ2) is 7.38. The highest BCUT2D eigenvalue weighted by atomic mass is 32.2. The Balaban J connectivity index is 1.86. The highest BCUT2D eigenvalue weighted by Crippen LogP contribution is 2.21. The van der Waals surface area contributed by atoms with Crippen LogP contribution in [0.5, 0.6) is 0 Å². The smallest absolute Gasteiger partial charge is 0.269 e. The Morgan fingerprint density at radius 3 is 3.00 bits per heavy atom.